The summed E-state index contributed by atoms with van der Waals surface area (Å²) >= 11 is 1.54. The van der Waals surface area contributed by atoms with Crippen molar-refractivity contribution in [2.45, 2.75) is 19.3 Å². The van der Waals surface area contributed by atoms with Gasteiger partial charge in [-0.1, -0.05) is 12.1 Å². The number of aromatic hydroxyl groups is 1. The summed E-state index contributed by atoms with van der Waals surface area (Å²) in [5.74, 6) is -0.0586. The van der Waals surface area contributed by atoms with E-state index in [0.29, 0.717) is 10.4 Å². The first-order valence-electron chi connectivity index (χ1n) is 6.47. The second-order valence-electron chi connectivity index (χ2n) is 4.67. The van der Waals surface area contributed by atoms with Crippen LogP contribution in [-0.2, 0) is 12.8 Å². The number of fused-ring (bicyclic) bond motifs is 1. The molecule has 0 saturated heterocycles. The average Bonchev–Trinajstić information content (AvgIpc) is 3.01. The van der Waals surface area contributed by atoms with Crippen LogP contribution in [0.4, 0.5) is 0 Å². The molecule has 0 atom stereocenters. The van der Waals surface area contributed by atoms with Crippen molar-refractivity contribution in [3.05, 3.63) is 51.2 Å². The number of amides is 1. The van der Waals surface area contributed by atoms with Gasteiger partial charge in [0.1, 0.15) is 5.75 Å². The molecule has 1 aliphatic rings. The van der Waals surface area contributed by atoms with Crippen LogP contribution in [0.5, 0.6) is 5.75 Å². The Bertz CT molecular complexity index is 655. The number of nitrogens with one attached hydrogen (secondary N) is 1. The van der Waals surface area contributed by atoms with Crippen molar-refractivity contribution < 1.29 is 9.90 Å². The van der Waals surface area contributed by atoms with Gasteiger partial charge < -0.3 is 5.11 Å². The number of para-hydroxylation sites is 1. The molecule has 1 aliphatic carbocycles. The van der Waals surface area contributed by atoms with Gasteiger partial charge in [-0.25, -0.2) is 5.43 Å². The van der Waals surface area contributed by atoms with Gasteiger partial charge in [0.05, 0.1) is 11.1 Å². The summed E-state index contributed by atoms with van der Waals surface area (Å²) in [6.45, 7) is 0. The summed E-state index contributed by atoms with van der Waals surface area (Å²) in [7, 11) is 0. The van der Waals surface area contributed by atoms with Crippen molar-refractivity contribution in [2.75, 3.05) is 0 Å². The molecule has 102 valence electrons. The Morgan fingerprint density at radius 1 is 1.35 bits per heavy atom. The maximum atomic E-state index is 11.9. The van der Waals surface area contributed by atoms with Crippen LogP contribution in [0.15, 0.2) is 35.4 Å². The van der Waals surface area contributed by atoms with Gasteiger partial charge in [-0.05, 0) is 43.0 Å². The van der Waals surface area contributed by atoms with Gasteiger partial charge in [-0.15, -0.1) is 11.3 Å². The molecule has 2 aromatic rings. The number of hydrogen-bond acceptors (Lipinski definition) is 4. The van der Waals surface area contributed by atoms with E-state index in [1.165, 1.54) is 23.1 Å². The first-order chi connectivity index (χ1) is 9.74. The van der Waals surface area contributed by atoms with E-state index in [4.69, 9.17) is 0 Å². The topological polar surface area (TPSA) is 61.7 Å². The fourth-order valence-electron chi connectivity index (χ4n) is 2.25. The SMILES string of the molecule is O=C(N/N=C/c1ccccc1O)c1cc2c(s1)CCC2. The molecular formula is C15H14N2O2S. The van der Waals surface area contributed by atoms with E-state index in [1.54, 1.807) is 35.6 Å². The predicted molar refractivity (Wildman–Crippen MR) is 79.5 cm³/mol. The molecule has 1 heterocycles. The van der Waals surface area contributed by atoms with Gasteiger partial charge in [-0.2, -0.15) is 5.10 Å². The van der Waals surface area contributed by atoms with Crippen molar-refractivity contribution in [1.82, 2.24) is 5.43 Å². The molecule has 0 unspecified atom stereocenters. The fraction of sp³-hybridized carbons (Fsp3) is 0.200. The third-order valence-corrected chi connectivity index (χ3v) is 4.51. The molecule has 3 rings (SSSR count). The second kappa shape index (κ2) is 5.46. The Kier molecular flexibility index (Phi) is 3.52. The van der Waals surface area contributed by atoms with E-state index in [9.17, 15) is 9.90 Å². The van der Waals surface area contributed by atoms with Crippen molar-refractivity contribution in [3.8, 4) is 5.75 Å². The summed E-state index contributed by atoms with van der Waals surface area (Å²) in [4.78, 5) is 14.0. The van der Waals surface area contributed by atoms with Crippen LogP contribution >= 0.6 is 11.3 Å². The molecule has 0 aliphatic heterocycles. The quantitative estimate of drug-likeness (QED) is 0.673. The smallest absolute Gasteiger partial charge is 0.281 e. The van der Waals surface area contributed by atoms with Gasteiger partial charge in [0.2, 0.25) is 0 Å². The Balaban J connectivity index is 1.66. The maximum Gasteiger partial charge on any atom is 0.281 e. The molecule has 0 radical (unpaired) electrons. The lowest BCUT2D eigenvalue weighted by atomic mass is 10.2. The minimum atomic E-state index is -0.198. The molecule has 1 aromatic carbocycles. The summed E-state index contributed by atoms with van der Waals surface area (Å²) in [6.07, 6.45) is 4.78. The molecule has 0 fully saturated rings. The standard InChI is InChI=1S/C15H14N2O2S/c18-12-6-2-1-4-11(12)9-16-17-15(19)14-8-10-5-3-7-13(10)20-14/h1-2,4,6,8-9,18H,3,5,7H2,(H,17,19)/b16-9+. The minimum absolute atomic E-state index is 0.139. The number of carbonyl (C=O) groups is 1. The zero-order valence-corrected chi connectivity index (χ0v) is 11.6. The van der Waals surface area contributed by atoms with Gasteiger partial charge in [0.15, 0.2) is 0 Å². The predicted octanol–water partition coefficient (Wildman–Crippen LogP) is 2.71. The first kappa shape index (κ1) is 12.9. The fourth-order valence-corrected chi connectivity index (χ4v) is 3.40. The molecule has 2 N–H and O–H groups in total. The third kappa shape index (κ3) is 2.58. The van der Waals surface area contributed by atoms with Crippen molar-refractivity contribution in [2.24, 2.45) is 5.10 Å². The number of phenolic OH excluding ortho intramolecular Hbond substituents is 1. The molecule has 1 aromatic heterocycles. The minimum Gasteiger partial charge on any atom is -0.507 e. The lowest BCUT2D eigenvalue weighted by Crippen LogP contribution is -2.16. The monoisotopic (exact) mass is 286 g/mol. The molecule has 5 heteroatoms. The number of benzene rings is 1. The molecule has 0 bridgehead atoms. The molecule has 0 saturated carbocycles. The van der Waals surface area contributed by atoms with Crippen LogP contribution in [0.1, 0.15) is 32.1 Å². The van der Waals surface area contributed by atoms with E-state index in [1.807, 2.05) is 6.07 Å². The van der Waals surface area contributed by atoms with E-state index in [2.05, 4.69) is 10.5 Å². The van der Waals surface area contributed by atoms with E-state index < -0.39 is 0 Å². The van der Waals surface area contributed by atoms with Crippen molar-refractivity contribution >= 4 is 23.5 Å². The highest BCUT2D eigenvalue weighted by atomic mass is 32.1. The average molecular weight is 286 g/mol. The van der Waals surface area contributed by atoms with Crippen LogP contribution in [0, 0.1) is 0 Å². The van der Waals surface area contributed by atoms with Gasteiger partial charge in [0.25, 0.3) is 5.91 Å². The zero-order valence-electron chi connectivity index (χ0n) is 10.8. The summed E-state index contributed by atoms with van der Waals surface area (Å²) in [5.41, 5.74) is 4.36. The third-order valence-electron chi connectivity index (χ3n) is 3.28. The highest BCUT2D eigenvalue weighted by Crippen LogP contribution is 2.30. The Labute approximate surface area is 120 Å². The number of hydrazone groups is 1. The van der Waals surface area contributed by atoms with E-state index in [0.717, 1.165) is 12.8 Å². The van der Waals surface area contributed by atoms with Crippen molar-refractivity contribution in [3.63, 3.8) is 0 Å². The number of thiophene rings is 1. The molecule has 20 heavy (non-hydrogen) atoms. The highest BCUT2D eigenvalue weighted by Gasteiger charge is 2.17. The van der Waals surface area contributed by atoms with Gasteiger partial charge in [-0.3, -0.25) is 4.79 Å². The molecular weight excluding hydrogens is 272 g/mol. The van der Waals surface area contributed by atoms with Gasteiger partial charge in [0, 0.05) is 10.4 Å². The molecule has 0 spiro atoms. The van der Waals surface area contributed by atoms with E-state index >= 15 is 0 Å². The number of rotatable bonds is 3. The number of aryl methyl sites for hydroxylation is 2. The first-order valence-corrected chi connectivity index (χ1v) is 7.28. The summed E-state index contributed by atoms with van der Waals surface area (Å²) in [5, 5.41) is 13.5. The lowest BCUT2D eigenvalue weighted by Gasteiger charge is -1.98. The van der Waals surface area contributed by atoms with Crippen LogP contribution in [0.3, 0.4) is 0 Å². The summed E-state index contributed by atoms with van der Waals surface area (Å²) in [6, 6.07) is 8.79. The highest BCUT2D eigenvalue weighted by molar-refractivity contribution is 7.14. The lowest BCUT2D eigenvalue weighted by molar-refractivity contribution is 0.0959. The largest absolute Gasteiger partial charge is 0.507 e. The van der Waals surface area contributed by atoms with Crippen LogP contribution in [0.2, 0.25) is 0 Å². The van der Waals surface area contributed by atoms with Crippen LogP contribution in [-0.4, -0.2) is 17.2 Å². The van der Waals surface area contributed by atoms with E-state index in [-0.39, 0.29) is 11.7 Å². The molecule has 1 amide bonds. The number of nitrogens with zero attached hydrogens (tertiary/aromatic N) is 1. The summed E-state index contributed by atoms with van der Waals surface area (Å²) < 4.78 is 0. The van der Waals surface area contributed by atoms with Crippen molar-refractivity contribution in [1.29, 1.82) is 0 Å². The van der Waals surface area contributed by atoms with Gasteiger partial charge >= 0.3 is 0 Å². The number of hydrogen-bond donors (Lipinski definition) is 2. The number of carbonyl (C=O) groups excluding carboxylic acids is 1. The Hall–Kier alpha value is -2.14. The maximum absolute atomic E-state index is 11.9. The number of phenols is 1. The Morgan fingerprint density at radius 3 is 3.00 bits per heavy atom. The second-order valence-corrected chi connectivity index (χ2v) is 5.81. The zero-order chi connectivity index (χ0) is 13.9. The van der Waals surface area contributed by atoms with Crippen LogP contribution < -0.4 is 5.43 Å². The van der Waals surface area contributed by atoms with Crippen LogP contribution in [0.25, 0.3) is 0 Å². The molecule has 4 nitrogen and oxygen atoms in total. The normalized spacial score (nSPS) is 13.6. The Morgan fingerprint density at radius 2 is 2.20 bits per heavy atom.